The Morgan fingerprint density at radius 3 is 0.611 bits per heavy atom. The summed E-state index contributed by atoms with van der Waals surface area (Å²) in [7, 11) is 0. The molecule has 0 amide bonds. The van der Waals surface area contributed by atoms with Gasteiger partial charge >= 0.3 is 0 Å². The molecular formula is C72H48. The van der Waals surface area contributed by atoms with Crippen LogP contribution >= 0.6 is 0 Å². The molecule has 0 radical (unpaired) electrons. The van der Waals surface area contributed by atoms with Gasteiger partial charge in [-0.2, -0.15) is 0 Å². The summed E-state index contributed by atoms with van der Waals surface area (Å²) in [6, 6.07) is 107. The molecule has 0 aliphatic rings. The molecule has 336 valence electrons. The smallest absolute Gasteiger partial charge is 0.00928 e. The van der Waals surface area contributed by atoms with Gasteiger partial charge in [0.15, 0.2) is 0 Å². The Morgan fingerprint density at radius 1 is 0.0972 bits per heavy atom. The van der Waals surface area contributed by atoms with Crippen LogP contribution in [0.1, 0.15) is 0 Å². The van der Waals surface area contributed by atoms with Crippen LogP contribution in [-0.4, -0.2) is 0 Å². The van der Waals surface area contributed by atoms with E-state index in [2.05, 4.69) is 291 Å². The fourth-order valence-electron chi connectivity index (χ4n) is 10.7. The summed E-state index contributed by atoms with van der Waals surface area (Å²) in [6.07, 6.45) is 0. The molecule has 13 aromatic carbocycles. The van der Waals surface area contributed by atoms with Crippen molar-refractivity contribution < 1.29 is 0 Å². The minimum absolute atomic E-state index is 1.16. The number of rotatable bonds is 9. The van der Waals surface area contributed by atoms with Gasteiger partial charge in [-0.15, -0.1) is 0 Å². The molecule has 0 spiro atoms. The minimum Gasteiger partial charge on any atom is -0.0622 e. The zero-order valence-electron chi connectivity index (χ0n) is 39.7. The van der Waals surface area contributed by atoms with Gasteiger partial charge in [0.1, 0.15) is 0 Å². The highest BCUT2D eigenvalue weighted by Crippen LogP contribution is 2.42. The molecule has 0 unspecified atom stereocenters. The lowest BCUT2D eigenvalue weighted by molar-refractivity contribution is 1.53. The molecule has 0 saturated carbocycles. The minimum atomic E-state index is 1.16. The maximum absolute atomic E-state index is 2.39. The van der Waals surface area contributed by atoms with Crippen LogP contribution in [0.15, 0.2) is 291 Å². The molecule has 0 aliphatic carbocycles. The van der Waals surface area contributed by atoms with Gasteiger partial charge in [-0.25, -0.2) is 0 Å². The van der Waals surface area contributed by atoms with E-state index in [0.29, 0.717) is 0 Å². The van der Waals surface area contributed by atoms with Crippen molar-refractivity contribution >= 4 is 32.3 Å². The topological polar surface area (TPSA) is 0 Å². The highest BCUT2D eigenvalue weighted by molar-refractivity contribution is 6.25. The van der Waals surface area contributed by atoms with Crippen molar-refractivity contribution in [3.05, 3.63) is 291 Å². The Morgan fingerprint density at radius 2 is 0.292 bits per heavy atom. The summed E-state index contributed by atoms with van der Waals surface area (Å²) in [4.78, 5) is 0. The molecule has 13 rings (SSSR count). The van der Waals surface area contributed by atoms with Gasteiger partial charge in [0.2, 0.25) is 0 Å². The number of hydrogen-bond acceptors (Lipinski definition) is 0. The maximum atomic E-state index is 2.39. The Labute approximate surface area is 421 Å². The zero-order valence-corrected chi connectivity index (χ0v) is 39.7. The Kier molecular flexibility index (Phi) is 11.0. The van der Waals surface area contributed by atoms with Crippen molar-refractivity contribution in [2.24, 2.45) is 0 Å². The molecule has 0 nitrogen and oxygen atoms in total. The van der Waals surface area contributed by atoms with Crippen molar-refractivity contribution in [3.8, 4) is 100 Å². The monoisotopic (exact) mass is 912 g/mol. The van der Waals surface area contributed by atoms with Crippen LogP contribution in [0.5, 0.6) is 0 Å². The molecule has 0 heterocycles. The first-order valence-corrected chi connectivity index (χ1v) is 24.9. The molecule has 0 N–H and O–H groups in total. The molecule has 0 aliphatic heterocycles. The molecular weight excluding hydrogens is 865 g/mol. The van der Waals surface area contributed by atoms with E-state index in [9.17, 15) is 0 Å². The lowest BCUT2D eigenvalue weighted by Gasteiger charge is -2.16. The average Bonchev–Trinajstić information content (AvgIpc) is 3.47. The predicted molar refractivity (Wildman–Crippen MR) is 308 cm³/mol. The molecule has 13 aromatic rings. The highest BCUT2D eigenvalue weighted by atomic mass is 14.2. The third-order valence-corrected chi connectivity index (χ3v) is 14.4. The van der Waals surface area contributed by atoms with Crippen molar-refractivity contribution in [1.82, 2.24) is 0 Å². The van der Waals surface area contributed by atoms with E-state index in [1.165, 1.54) is 110 Å². The first kappa shape index (κ1) is 42.7. The summed E-state index contributed by atoms with van der Waals surface area (Å²) in [5.41, 5.74) is 21.2. The van der Waals surface area contributed by atoms with Crippen molar-refractivity contribution in [3.63, 3.8) is 0 Å². The van der Waals surface area contributed by atoms with Crippen LogP contribution in [0, 0.1) is 0 Å². The van der Waals surface area contributed by atoms with E-state index in [4.69, 9.17) is 0 Å². The molecule has 0 heteroatoms. The molecule has 0 fully saturated rings. The van der Waals surface area contributed by atoms with Crippen LogP contribution in [-0.2, 0) is 0 Å². The van der Waals surface area contributed by atoms with Crippen LogP contribution in [0.4, 0.5) is 0 Å². The summed E-state index contributed by atoms with van der Waals surface area (Å²) in [5.74, 6) is 0. The van der Waals surface area contributed by atoms with Crippen molar-refractivity contribution in [2.75, 3.05) is 0 Å². The third kappa shape index (κ3) is 8.26. The summed E-state index contributed by atoms with van der Waals surface area (Å²) >= 11 is 0. The molecule has 0 saturated heterocycles. The number of fused-ring (bicyclic) bond motifs is 6. The Hall–Kier alpha value is -9.36. The second-order valence-electron chi connectivity index (χ2n) is 18.9. The third-order valence-electron chi connectivity index (χ3n) is 14.4. The van der Waals surface area contributed by atoms with E-state index in [1.807, 2.05) is 0 Å². The van der Waals surface area contributed by atoms with Crippen LogP contribution < -0.4 is 0 Å². The van der Waals surface area contributed by atoms with Gasteiger partial charge in [-0.3, -0.25) is 0 Å². The van der Waals surface area contributed by atoms with Gasteiger partial charge in [0.05, 0.1) is 0 Å². The van der Waals surface area contributed by atoms with Crippen LogP contribution in [0.3, 0.4) is 0 Å². The standard InChI is InChI=1S/C72H48/c1-5-19-49(20-6-1)58-39-59(50-21-7-2-8-22-50)42-63(41-58)65-45-62(46-66(47-65)64-43-60(51-23-9-3-10-24-51)40-61(44-64)52-25-11-4-12-26-52)56-30-18-28-54(38-56)53-27-17-29-55(37-53)57-35-36-71-69-33-14-13-31-67(69)68-32-15-16-34-70(68)72(71)48-57/h1-48H. The fraction of sp³-hybridized carbons (Fsp3) is 0. The summed E-state index contributed by atoms with van der Waals surface area (Å²) in [6.45, 7) is 0. The zero-order chi connectivity index (χ0) is 47.8. The van der Waals surface area contributed by atoms with Gasteiger partial charge in [0, 0.05) is 0 Å². The van der Waals surface area contributed by atoms with Gasteiger partial charge in [-0.1, -0.05) is 218 Å². The normalized spacial score (nSPS) is 11.3. The van der Waals surface area contributed by atoms with Crippen molar-refractivity contribution in [1.29, 1.82) is 0 Å². The lowest BCUT2D eigenvalue weighted by Crippen LogP contribution is -1.91. The molecule has 0 bridgehead atoms. The van der Waals surface area contributed by atoms with E-state index in [1.54, 1.807) is 0 Å². The summed E-state index contributed by atoms with van der Waals surface area (Å²) in [5, 5.41) is 7.71. The number of hydrogen-bond donors (Lipinski definition) is 0. The second kappa shape index (κ2) is 18.5. The SMILES string of the molecule is c1ccc(-c2cc(-c3ccccc3)cc(-c3cc(-c4cccc(-c5cccc(-c6ccc7c8ccccc8c8ccccc8c7c6)c5)c4)cc(-c4cc(-c5ccccc5)cc(-c5ccccc5)c4)c3)c2)cc1. The molecule has 0 atom stereocenters. The van der Waals surface area contributed by atoms with E-state index in [-0.39, 0.29) is 0 Å². The quantitative estimate of drug-likeness (QED) is 0.127. The Bertz CT molecular complexity index is 3820. The summed E-state index contributed by atoms with van der Waals surface area (Å²) < 4.78 is 0. The number of benzene rings is 13. The van der Waals surface area contributed by atoms with Gasteiger partial charge in [-0.05, 0) is 205 Å². The van der Waals surface area contributed by atoms with Gasteiger partial charge in [0.25, 0.3) is 0 Å². The lowest BCUT2D eigenvalue weighted by atomic mass is 9.88. The van der Waals surface area contributed by atoms with E-state index < -0.39 is 0 Å². The van der Waals surface area contributed by atoms with Crippen LogP contribution in [0.25, 0.3) is 132 Å². The highest BCUT2D eigenvalue weighted by Gasteiger charge is 2.16. The predicted octanol–water partition coefficient (Wildman–Crippen LogP) is 20.1. The largest absolute Gasteiger partial charge is 0.0622 e. The average molecular weight is 913 g/mol. The maximum Gasteiger partial charge on any atom is -0.00928 e. The van der Waals surface area contributed by atoms with Gasteiger partial charge < -0.3 is 0 Å². The second-order valence-corrected chi connectivity index (χ2v) is 18.9. The molecule has 0 aromatic heterocycles. The molecule has 72 heavy (non-hydrogen) atoms. The van der Waals surface area contributed by atoms with Crippen molar-refractivity contribution in [2.45, 2.75) is 0 Å². The first-order valence-electron chi connectivity index (χ1n) is 24.9. The van der Waals surface area contributed by atoms with E-state index >= 15 is 0 Å². The van der Waals surface area contributed by atoms with Crippen LogP contribution in [0.2, 0.25) is 0 Å². The fourth-order valence-corrected chi connectivity index (χ4v) is 10.7. The van der Waals surface area contributed by atoms with E-state index in [0.717, 1.165) is 22.3 Å². The first-order chi connectivity index (χ1) is 35.6. The Balaban J connectivity index is 0.970.